The molecule has 3 N–H and O–H groups in total. The van der Waals surface area contributed by atoms with Crippen LogP contribution in [0, 0.1) is 0 Å². The highest BCUT2D eigenvalue weighted by Gasteiger charge is 2.18. The zero-order valence-corrected chi connectivity index (χ0v) is 58.6. The van der Waals surface area contributed by atoms with Crippen molar-refractivity contribution in [1.82, 2.24) is 5.32 Å². The molecule has 1 amide bonds. The molecule has 0 heterocycles. The van der Waals surface area contributed by atoms with Crippen molar-refractivity contribution >= 4 is 11.9 Å². The molecule has 0 radical (unpaired) electrons. The SMILES string of the molecule is CCCCCCCCCCCCCCCCC/C=C/C(O)C(CO)NC(=O)CCCCCCCCCCCCCCCCCCC/C=C\CCCCCCCCCCCCCCCCCCCCOC(=O)CCCCCCCCCCCCCCC. The third-order valence-electron chi connectivity index (χ3n) is 18.7. The van der Waals surface area contributed by atoms with Crippen LogP contribution in [0.5, 0.6) is 0 Å². The van der Waals surface area contributed by atoms with Crippen molar-refractivity contribution in [3.05, 3.63) is 24.3 Å². The van der Waals surface area contributed by atoms with Crippen molar-refractivity contribution in [2.45, 2.75) is 463 Å². The van der Waals surface area contributed by atoms with Crippen LogP contribution in [0.3, 0.4) is 0 Å². The number of rotatable bonds is 75. The summed E-state index contributed by atoms with van der Waals surface area (Å²) in [6.07, 6.45) is 97.4. The Morgan fingerprint density at radius 1 is 0.314 bits per heavy atom. The molecule has 6 nitrogen and oxygen atoms in total. The van der Waals surface area contributed by atoms with Crippen molar-refractivity contribution in [2.24, 2.45) is 0 Å². The molecule has 0 aromatic rings. The number of carbonyl (C=O) groups excluding carboxylic acids is 2. The van der Waals surface area contributed by atoms with Gasteiger partial charge in [0.05, 0.1) is 25.4 Å². The van der Waals surface area contributed by atoms with Gasteiger partial charge in [-0.3, -0.25) is 9.59 Å². The zero-order chi connectivity index (χ0) is 62.0. The van der Waals surface area contributed by atoms with E-state index in [0.29, 0.717) is 19.4 Å². The molecule has 86 heavy (non-hydrogen) atoms. The van der Waals surface area contributed by atoms with Gasteiger partial charge in [-0.25, -0.2) is 0 Å². The quantitative estimate of drug-likeness (QED) is 0.0320. The van der Waals surface area contributed by atoms with Gasteiger partial charge in [0.25, 0.3) is 0 Å². The Kier molecular flexibility index (Phi) is 74.3. The van der Waals surface area contributed by atoms with Crippen LogP contribution in [-0.2, 0) is 14.3 Å². The molecule has 0 fully saturated rings. The van der Waals surface area contributed by atoms with Crippen LogP contribution in [-0.4, -0.2) is 47.4 Å². The molecule has 0 spiro atoms. The third kappa shape index (κ3) is 71.4. The summed E-state index contributed by atoms with van der Waals surface area (Å²) in [6.45, 7) is 4.95. The highest BCUT2D eigenvalue weighted by Crippen LogP contribution is 2.20. The van der Waals surface area contributed by atoms with E-state index in [4.69, 9.17) is 4.74 Å². The molecule has 0 aromatic carbocycles. The van der Waals surface area contributed by atoms with E-state index in [9.17, 15) is 19.8 Å². The number of unbranched alkanes of at least 4 members (excludes halogenated alkanes) is 62. The minimum Gasteiger partial charge on any atom is -0.466 e. The lowest BCUT2D eigenvalue weighted by Gasteiger charge is -2.20. The molecule has 0 aliphatic carbocycles. The first kappa shape index (κ1) is 84.3. The minimum absolute atomic E-state index is 0.0247. The lowest BCUT2D eigenvalue weighted by molar-refractivity contribution is -0.143. The maximum Gasteiger partial charge on any atom is 0.305 e. The average molecular weight is 1210 g/mol. The maximum absolute atomic E-state index is 12.5. The molecule has 510 valence electrons. The second-order valence-corrected chi connectivity index (χ2v) is 27.4. The predicted molar refractivity (Wildman–Crippen MR) is 380 cm³/mol. The van der Waals surface area contributed by atoms with Crippen LogP contribution in [0.2, 0.25) is 0 Å². The fraction of sp³-hybridized carbons (Fsp3) is 0.925. The third-order valence-corrected chi connectivity index (χ3v) is 18.7. The number of hydrogen-bond donors (Lipinski definition) is 3. The number of aliphatic hydroxyl groups is 2. The summed E-state index contributed by atoms with van der Waals surface area (Å²) in [7, 11) is 0. The van der Waals surface area contributed by atoms with Gasteiger partial charge in [0.15, 0.2) is 0 Å². The lowest BCUT2D eigenvalue weighted by atomic mass is 10.0. The molecule has 0 aliphatic rings. The number of nitrogens with one attached hydrogen (secondary N) is 1. The molecule has 6 heteroatoms. The lowest BCUT2D eigenvalue weighted by Crippen LogP contribution is -2.45. The van der Waals surface area contributed by atoms with Crippen LogP contribution in [0.25, 0.3) is 0 Å². The fourth-order valence-corrected chi connectivity index (χ4v) is 12.7. The highest BCUT2D eigenvalue weighted by molar-refractivity contribution is 5.76. The standard InChI is InChI=1S/C80H155NO5/c1-3-5-7-9-11-13-15-17-18-42-45-49-52-56-60-64-68-72-78(83)77(76-82)81-79(84)73-69-65-61-57-53-50-46-43-40-38-36-34-32-30-28-26-24-22-20-19-21-23-25-27-29-31-33-35-37-39-41-44-47-51-55-59-63-67-71-75-86-80(85)74-70-66-62-58-54-48-16-14-12-10-8-6-4-2/h19-20,68,72,77-78,82-83H,3-18,21-67,69-71,73-76H2,1-2H3,(H,81,84)/b20-19-,72-68+. The molecule has 0 aromatic heterocycles. The number of esters is 1. The Bertz CT molecular complexity index is 1350. The molecule has 0 aliphatic heterocycles. The largest absolute Gasteiger partial charge is 0.466 e. The first-order chi connectivity index (χ1) is 42.5. The summed E-state index contributed by atoms with van der Waals surface area (Å²) in [5, 5.41) is 23.2. The first-order valence-electron chi connectivity index (χ1n) is 39.6. The molecule has 0 saturated carbocycles. The average Bonchev–Trinajstić information content (AvgIpc) is 3.56. The molecule has 2 atom stereocenters. The Morgan fingerprint density at radius 3 is 0.826 bits per heavy atom. The number of aliphatic hydroxyl groups excluding tert-OH is 2. The van der Waals surface area contributed by atoms with Gasteiger partial charge >= 0.3 is 5.97 Å². The van der Waals surface area contributed by atoms with Crippen molar-refractivity contribution < 1.29 is 24.5 Å². The van der Waals surface area contributed by atoms with E-state index >= 15 is 0 Å². The minimum atomic E-state index is -0.841. The van der Waals surface area contributed by atoms with E-state index in [1.54, 1.807) is 6.08 Å². The second kappa shape index (κ2) is 75.8. The molecule has 0 saturated heterocycles. The maximum atomic E-state index is 12.5. The van der Waals surface area contributed by atoms with Crippen LogP contribution in [0.4, 0.5) is 0 Å². The molecular formula is C80H155NO5. The van der Waals surface area contributed by atoms with Crippen LogP contribution >= 0.6 is 0 Å². The van der Waals surface area contributed by atoms with Gasteiger partial charge in [-0.2, -0.15) is 0 Å². The number of ether oxygens (including phenoxy) is 1. The summed E-state index contributed by atoms with van der Waals surface area (Å²) in [5.74, 6) is -0.0352. The number of hydrogen-bond acceptors (Lipinski definition) is 5. The van der Waals surface area contributed by atoms with Gasteiger partial charge in [-0.05, 0) is 57.8 Å². The Labute approximate surface area is 539 Å². The van der Waals surface area contributed by atoms with Crippen LogP contribution in [0.1, 0.15) is 450 Å². The fourth-order valence-electron chi connectivity index (χ4n) is 12.7. The summed E-state index contributed by atoms with van der Waals surface area (Å²) in [4.78, 5) is 24.6. The molecule has 0 bridgehead atoms. The summed E-state index contributed by atoms with van der Waals surface area (Å²) >= 11 is 0. The van der Waals surface area contributed by atoms with E-state index < -0.39 is 12.1 Å². The number of amides is 1. The summed E-state index contributed by atoms with van der Waals surface area (Å²) in [5.41, 5.74) is 0. The molecule has 2 unspecified atom stereocenters. The predicted octanol–water partition coefficient (Wildman–Crippen LogP) is 26.0. The van der Waals surface area contributed by atoms with Crippen molar-refractivity contribution in [1.29, 1.82) is 0 Å². The highest BCUT2D eigenvalue weighted by atomic mass is 16.5. The Morgan fingerprint density at radius 2 is 0.547 bits per heavy atom. The summed E-state index contributed by atoms with van der Waals surface area (Å²) < 4.78 is 5.50. The Balaban J connectivity index is 3.33. The smallest absolute Gasteiger partial charge is 0.305 e. The molecule has 0 rings (SSSR count). The van der Waals surface area contributed by atoms with Gasteiger partial charge in [0, 0.05) is 12.8 Å². The van der Waals surface area contributed by atoms with E-state index in [2.05, 4.69) is 31.3 Å². The van der Waals surface area contributed by atoms with Gasteiger partial charge in [0.2, 0.25) is 5.91 Å². The monoisotopic (exact) mass is 1210 g/mol. The van der Waals surface area contributed by atoms with Crippen LogP contribution < -0.4 is 5.32 Å². The first-order valence-corrected chi connectivity index (χ1v) is 39.6. The van der Waals surface area contributed by atoms with Crippen molar-refractivity contribution in [3.8, 4) is 0 Å². The van der Waals surface area contributed by atoms with Crippen LogP contribution in [0.15, 0.2) is 24.3 Å². The van der Waals surface area contributed by atoms with Gasteiger partial charge in [-0.15, -0.1) is 0 Å². The Hall–Kier alpha value is -1.66. The zero-order valence-electron chi connectivity index (χ0n) is 58.6. The van der Waals surface area contributed by atoms with E-state index in [1.165, 1.54) is 385 Å². The van der Waals surface area contributed by atoms with Gasteiger partial charge in [-0.1, -0.05) is 404 Å². The second-order valence-electron chi connectivity index (χ2n) is 27.4. The van der Waals surface area contributed by atoms with Crippen molar-refractivity contribution in [2.75, 3.05) is 13.2 Å². The molecular weight excluding hydrogens is 1050 g/mol. The van der Waals surface area contributed by atoms with Crippen molar-refractivity contribution in [3.63, 3.8) is 0 Å². The number of carbonyl (C=O) groups is 2. The van der Waals surface area contributed by atoms with E-state index in [0.717, 1.165) is 38.5 Å². The topological polar surface area (TPSA) is 95.9 Å². The van der Waals surface area contributed by atoms with E-state index in [-0.39, 0.29) is 18.5 Å². The van der Waals surface area contributed by atoms with Gasteiger partial charge < -0.3 is 20.3 Å². The number of allylic oxidation sites excluding steroid dienone is 3. The van der Waals surface area contributed by atoms with Gasteiger partial charge in [0.1, 0.15) is 0 Å². The normalized spacial score (nSPS) is 12.6. The summed E-state index contributed by atoms with van der Waals surface area (Å²) in [6, 6.07) is -0.624. The van der Waals surface area contributed by atoms with E-state index in [1.807, 2.05) is 6.08 Å².